The van der Waals surface area contributed by atoms with E-state index in [1.807, 2.05) is 23.9 Å². The van der Waals surface area contributed by atoms with Gasteiger partial charge in [-0.15, -0.1) is 0 Å². The van der Waals surface area contributed by atoms with E-state index >= 15 is 0 Å². The predicted octanol–water partition coefficient (Wildman–Crippen LogP) is 1.97. The van der Waals surface area contributed by atoms with E-state index in [2.05, 4.69) is 43.9 Å². The van der Waals surface area contributed by atoms with Crippen LogP contribution in [-0.2, 0) is 6.54 Å². The van der Waals surface area contributed by atoms with Crippen LogP contribution in [-0.4, -0.2) is 41.8 Å². The van der Waals surface area contributed by atoms with Gasteiger partial charge in [-0.25, -0.2) is 9.97 Å². The zero-order valence-corrected chi connectivity index (χ0v) is 14.7. The molecule has 1 amide bonds. The Morgan fingerprint density at radius 3 is 2.84 bits per heavy atom. The maximum atomic E-state index is 12.3. The summed E-state index contributed by atoms with van der Waals surface area (Å²) in [7, 11) is 0. The summed E-state index contributed by atoms with van der Waals surface area (Å²) >= 11 is 0. The Balaban J connectivity index is 1.59. The molecule has 0 saturated heterocycles. The standard InChI is InChI=1S/C17H23N7O/c1-12(2)16-19-5-7-23(16)10-14-8-15(22-21-14)17(25)20-9-13(3)24-6-4-18-11-24/h4-8,11-13H,9-10H2,1-3H3,(H,20,25)(H,21,22). The number of hydrogen-bond acceptors (Lipinski definition) is 4. The summed E-state index contributed by atoms with van der Waals surface area (Å²) in [5.41, 5.74) is 1.26. The van der Waals surface area contributed by atoms with Crippen molar-refractivity contribution in [1.29, 1.82) is 0 Å². The average molecular weight is 341 g/mol. The Labute approximate surface area is 146 Å². The lowest BCUT2D eigenvalue weighted by molar-refractivity contribution is 0.0943. The van der Waals surface area contributed by atoms with Crippen molar-refractivity contribution in [2.45, 2.75) is 39.3 Å². The van der Waals surface area contributed by atoms with Crippen LogP contribution in [0.5, 0.6) is 0 Å². The van der Waals surface area contributed by atoms with Gasteiger partial charge in [0.15, 0.2) is 0 Å². The molecule has 0 aromatic carbocycles. The largest absolute Gasteiger partial charge is 0.349 e. The van der Waals surface area contributed by atoms with Crippen molar-refractivity contribution in [1.82, 2.24) is 34.6 Å². The van der Waals surface area contributed by atoms with Gasteiger partial charge in [0, 0.05) is 43.3 Å². The van der Waals surface area contributed by atoms with Crippen LogP contribution < -0.4 is 5.32 Å². The minimum atomic E-state index is -0.191. The molecule has 132 valence electrons. The first-order chi connectivity index (χ1) is 12.0. The lowest BCUT2D eigenvalue weighted by atomic mass is 10.2. The average Bonchev–Trinajstić information content (AvgIpc) is 3.33. The highest BCUT2D eigenvalue weighted by Crippen LogP contribution is 2.13. The fraction of sp³-hybridized carbons (Fsp3) is 0.412. The third kappa shape index (κ3) is 3.96. The molecule has 0 radical (unpaired) electrons. The van der Waals surface area contributed by atoms with Gasteiger partial charge in [-0.1, -0.05) is 13.8 Å². The van der Waals surface area contributed by atoms with Crippen molar-refractivity contribution in [3.63, 3.8) is 0 Å². The van der Waals surface area contributed by atoms with Gasteiger partial charge >= 0.3 is 0 Å². The van der Waals surface area contributed by atoms with Crippen LogP contribution in [0.15, 0.2) is 37.2 Å². The number of amides is 1. The Hall–Kier alpha value is -2.90. The molecule has 0 aliphatic carbocycles. The second kappa shape index (κ2) is 7.33. The summed E-state index contributed by atoms with van der Waals surface area (Å²) < 4.78 is 4.00. The van der Waals surface area contributed by atoms with Gasteiger partial charge in [-0.05, 0) is 13.0 Å². The van der Waals surface area contributed by atoms with Gasteiger partial charge in [-0.3, -0.25) is 9.89 Å². The number of carbonyl (C=O) groups is 1. The maximum absolute atomic E-state index is 12.3. The third-order valence-corrected chi connectivity index (χ3v) is 4.06. The first-order valence-electron chi connectivity index (χ1n) is 8.35. The lowest BCUT2D eigenvalue weighted by Crippen LogP contribution is -2.29. The summed E-state index contributed by atoms with van der Waals surface area (Å²) in [6, 6.07) is 1.91. The number of nitrogens with one attached hydrogen (secondary N) is 2. The van der Waals surface area contributed by atoms with E-state index < -0.39 is 0 Å². The topological polar surface area (TPSA) is 93.4 Å². The lowest BCUT2D eigenvalue weighted by Gasteiger charge is -2.13. The van der Waals surface area contributed by atoms with E-state index in [1.165, 1.54) is 0 Å². The van der Waals surface area contributed by atoms with Crippen molar-refractivity contribution in [2.24, 2.45) is 0 Å². The highest BCUT2D eigenvalue weighted by Gasteiger charge is 2.14. The molecule has 1 atom stereocenters. The molecule has 0 aliphatic heterocycles. The first kappa shape index (κ1) is 16.9. The number of carbonyl (C=O) groups excluding carboxylic acids is 1. The second-order valence-corrected chi connectivity index (χ2v) is 6.42. The Morgan fingerprint density at radius 2 is 2.12 bits per heavy atom. The van der Waals surface area contributed by atoms with Crippen molar-refractivity contribution < 1.29 is 4.79 Å². The summed E-state index contributed by atoms with van der Waals surface area (Å²) in [6.45, 7) is 7.35. The van der Waals surface area contributed by atoms with Crippen LogP contribution in [0, 0.1) is 0 Å². The predicted molar refractivity (Wildman–Crippen MR) is 93.3 cm³/mol. The highest BCUT2D eigenvalue weighted by molar-refractivity contribution is 5.92. The minimum Gasteiger partial charge on any atom is -0.349 e. The van der Waals surface area contributed by atoms with Gasteiger partial charge in [-0.2, -0.15) is 5.10 Å². The Kier molecular flexibility index (Phi) is 4.97. The molecule has 0 saturated carbocycles. The quantitative estimate of drug-likeness (QED) is 0.687. The molecule has 1 unspecified atom stereocenters. The van der Waals surface area contributed by atoms with Crippen LogP contribution in [0.4, 0.5) is 0 Å². The van der Waals surface area contributed by atoms with Crippen LogP contribution >= 0.6 is 0 Å². The fourth-order valence-electron chi connectivity index (χ4n) is 2.66. The summed E-state index contributed by atoms with van der Waals surface area (Å²) in [6.07, 6.45) is 9.06. The van der Waals surface area contributed by atoms with E-state index in [-0.39, 0.29) is 11.9 Å². The Bertz CT molecular complexity index is 816. The van der Waals surface area contributed by atoms with Gasteiger partial charge < -0.3 is 14.5 Å². The van der Waals surface area contributed by atoms with Gasteiger partial charge in [0.05, 0.1) is 18.6 Å². The molecule has 8 nitrogen and oxygen atoms in total. The van der Waals surface area contributed by atoms with Gasteiger partial charge in [0.25, 0.3) is 5.91 Å². The van der Waals surface area contributed by atoms with E-state index in [4.69, 9.17) is 0 Å². The molecule has 0 fully saturated rings. The Morgan fingerprint density at radius 1 is 1.28 bits per heavy atom. The molecule has 25 heavy (non-hydrogen) atoms. The second-order valence-electron chi connectivity index (χ2n) is 6.42. The van der Waals surface area contributed by atoms with Crippen LogP contribution in [0.2, 0.25) is 0 Å². The zero-order valence-electron chi connectivity index (χ0n) is 14.7. The molecular weight excluding hydrogens is 318 g/mol. The van der Waals surface area contributed by atoms with E-state index in [0.29, 0.717) is 24.7 Å². The smallest absolute Gasteiger partial charge is 0.271 e. The summed E-state index contributed by atoms with van der Waals surface area (Å²) in [5.74, 6) is 1.16. The first-order valence-corrected chi connectivity index (χ1v) is 8.35. The van der Waals surface area contributed by atoms with E-state index in [9.17, 15) is 4.79 Å². The van der Waals surface area contributed by atoms with Crippen molar-refractivity contribution >= 4 is 5.91 Å². The molecule has 0 bridgehead atoms. The fourth-order valence-corrected chi connectivity index (χ4v) is 2.66. The third-order valence-electron chi connectivity index (χ3n) is 4.06. The molecule has 3 rings (SSSR count). The molecule has 0 aliphatic rings. The SMILES string of the molecule is CC(C)c1nccn1Cc1cc(C(=O)NCC(C)n2ccnc2)n[nH]1. The number of aromatic amines is 1. The summed E-state index contributed by atoms with van der Waals surface area (Å²) in [5, 5.41) is 9.95. The van der Waals surface area contributed by atoms with Crippen LogP contribution in [0.25, 0.3) is 0 Å². The highest BCUT2D eigenvalue weighted by atomic mass is 16.1. The van der Waals surface area contributed by atoms with E-state index in [0.717, 1.165) is 11.5 Å². The normalized spacial score (nSPS) is 12.5. The van der Waals surface area contributed by atoms with Crippen molar-refractivity contribution in [2.75, 3.05) is 6.54 Å². The number of nitrogens with zero attached hydrogens (tertiary/aromatic N) is 5. The number of aromatic nitrogens is 6. The molecular formula is C17H23N7O. The van der Waals surface area contributed by atoms with Crippen LogP contribution in [0.1, 0.15) is 54.7 Å². The molecule has 0 spiro atoms. The molecule has 3 heterocycles. The number of rotatable bonds is 7. The number of H-pyrrole nitrogens is 1. The maximum Gasteiger partial charge on any atom is 0.271 e. The molecule has 3 aromatic rings. The molecule has 8 heteroatoms. The van der Waals surface area contributed by atoms with Crippen molar-refractivity contribution in [3.8, 4) is 0 Å². The molecule has 3 aromatic heterocycles. The van der Waals surface area contributed by atoms with Gasteiger partial charge in [0.2, 0.25) is 0 Å². The van der Waals surface area contributed by atoms with E-state index in [1.54, 1.807) is 24.8 Å². The number of imidazole rings is 2. The van der Waals surface area contributed by atoms with Crippen molar-refractivity contribution in [3.05, 3.63) is 54.4 Å². The minimum absolute atomic E-state index is 0.129. The molecule has 2 N–H and O–H groups in total. The van der Waals surface area contributed by atoms with Crippen LogP contribution in [0.3, 0.4) is 0 Å². The monoisotopic (exact) mass is 341 g/mol. The van der Waals surface area contributed by atoms with Gasteiger partial charge in [0.1, 0.15) is 11.5 Å². The number of hydrogen-bond donors (Lipinski definition) is 2. The summed E-state index contributed by atoms with van der Waals surface area (Å²) in [4.78, 5) is 20.7. The zero-order chi connectivity index (χ0) is 17.8.